The van der Waals surface area contributed by atoms with Crippen LogP contribution in [0.3, 0.4) is 0 Å². The van der Waals surface area contributed by atoms with E-state index < -0.39 is 17.7 Å². The number of carbonyl (C=O) groups excluding carboxylic acids is 1. The van der Waals surface area contributed by atoms with Gasteiger partial charge in [0.05, 0.1) is 12.4 Å². The Kier molecular flexibility index (Phi) is 3.60. The van der Waals surface area contributed by atoms with Gasteiger partial charge in [0.1, 0.15) is 12.3 Å². The molecule has 0 saturated heterocycles. The third-order valence-corrected chi connectivity index (χ3v) is 2.62. The van der Waals surface area contributed by atoms with Crippen LogP contribution in [0, 0.1) is 0 Å². The SMILES string of the molecule is CC(C)(C)c1cnc(Cn2cc(C(=O)C(F)(F)F)nn2)o1. The predicted octanol–water partition coefficient (Wildman–Crippen LogP) is 2.36. The van der Waals surface area contributed by atoms with Gasteiger partial charge < -0.3 is 4.42 Å². The van der Waals surface area contributed by atoms with Gasteiger partial charge in [-0.2, -0.15) is 13.2 Å². The van der Waals surface area contributed by atoms with Gasteiger partial charge in [-0.1, -0.05) is 26.0 Å². The number of oxazole rings is 1. The maximum atomic E-state index is 12.2. The zero-order chi connectivity index (χ0) is 15.8. The molecule has 2 heterocycles. The molecular weight excluding hydrogens is 289 g/mol. The molecule has 0 saturated carbocycles. The van der Waals surface area contributed by atoms with E-state index in [1.54, 1.807) is 6.20 Å². The zero-order valence-corrected chi connectivity index (χ0v) is 11.6. The fraction of sp³-hybridized carbons (Fsp3) is 0.500. The summed E-state index contributed by atoms with van der Waals surface area (Å²) in [6.07, 6.45) is -2.51. The number of ketones is 1. The Morgan fingerprint density at radius 1 is 1.33 bits per heavy atom. The van der Waals surface area contributed by atoms with Gasteiger partial charge in [-0.25, -0.2) is 9.67 Å². The topological polar surface area (TPSA) is 73.8 Å². The Labute approximate surface area is 118 Å². The second-order valence-corrected chi connectivity index (χ2v) is 5.50. The average molecular weight is 302 g/mol. The summed E-state index contributed by atoms with van der Waals surface area (Å²) in [5.41, 5.74) is -0.990. The van der Waals surface area contributed by atoms with Gasteiger partial charge in [-0.05, 0) is 0 Å². The third-order valence-electron chi connectivity index (χ3n) is 2.62. The Balaban J connectivity index is 2.13. The van der Waals surface area contributed by atoms with Crippen LogP contribution >= 0.6 is 0 Å². The number of hydrogen-bond acceptors (Lipinski definition) is 5. The molecule has 0 radical (unpaired) electrons. The van der Waals surface area contributed by atoms with Gasteiger partial charge in [0.2, 0.25) is 5.89 Å². The average Bonchev–Trinajstić information content (AvgIpc) is 2.95. The molecule has 0 aliphatic carbocycles. The van der Waals surface area contributed by atoms with Crippen molar-refractivity contribution >= 4 is 5.78 Å². The lowest BCUT2D eigenvalue weighted by Crippen LogP contribution is -2.23. The van der Waals surface area contributed by atoms with Crippen molar-refractivity contribution in [1.29, 1.82) is 0 Å². The van der Waals surface area contributed by atoms with Crippen LogP contribution in [0.2, 0.25) is 0 Å². The molecule has 0 aromatic carbocycles. The summed E-state index contributed by atoms with van der Waals surface area (Å²) in [5.74, 6) is -1.11. The molecular formula is C12H13F3N4O2. The molecule has 0 unspecified atom stereocenters. The van der Waals surface area contributed by atoms with E-state index in [1.807, 2.05) is 20.8 Å². The molecule has 114 valence electrons. The second kappa shape index (κ2) is 4.97. The fourth-order valence-corrected chi connectivity index (χ4v) is 1.49. The highest BCUT2D eigenvalue weighted by Crippen LogP contribution is 2.23. The predicted molar refractivity (Wildman–Crippen MR) is 64.7 cm³/mol. The summed E-state index contributed by atoms with van der Waals surface area (Å²) in [6.45, 7) is 5.81. The molecule has 6 nitrogen and oxygen atoms in total. The van der Waals surface area contributed by atoms with Crippen LogP contribution in [0.4, 0.5) is 13.2 Å². The quantitative estimate of drug-likeness (QED) is 0.814. The van der Waals surface area contributed by atoms with Gasteiger partial charge in [0.25, 0.3) is 5.78 Å². The number of Topliss-reactive ketones (excluding diaryl/α,β-unsaturated/α-hetero) is 1. The molecule has 0 bridgehead atoms. The lowest BCUT2D eigenvalue weighted by atomic mass is 9.94. The monoisotopic (exact) mass is 302 g/mol. The summed E-state index contributed by atoms with van der Waals surface area (Å²) in [5, 5.41) is 6.67. The zero-order valence-electron chi connectivity index (χ0n) is 11.6. The van der Waals surface area contributed by atoms with E-state index in [1.165, 1.54) is 0 Å². The highest BCUT2D eigenvalue weighted by Gasteiger charge is 2.41. The first-order valence-electron chi connectivity index (χ1n) is 6.04. The van der Waals surface area contributed by atoms with E-state index in [4.69, 9.17) is 4.42 Å². The molecule has 0 fully saturated rings. The maximum absolute atomic E-state index is 12.2. The lowest BCUT2D eigenvalue weighted by molar-refractivity contribution is -0.0888. The normalized spacial score (nSPS) is 12.7. The first-order valence-corrected chi connectivity index (χ1v) is 6.04. The number of hydrogen-bond donors (Lipinski definition) is 0. The van der Waals surface area contributed by atoms with Gasteiger partial charge in [-0.3, -0.25) is 4.79 Å². The first-order chi connectivity index (χ1) is 9.57. The molecule has 21 heavy (non-hydrogen) atoms. The van der Waals surface area contributed by atoms with Crippen LogP contribution in [0.15, 0.2) is 16.8 Å². The Morgan fingerprint density at radius 3 is 2.52 bits per heavy atom. The summed E-state index contributed by atoms with van der Waals surface area (Å²) < 4.78 is 43.3. The van der Waals surface area contributed by atoms with Crippen molar-refractivity contribution in [1.82, 2.24) is 20.0 Å². The molecule has 0 spiro atoms. The molecule has 2 aromatic rings. The van der Waals surface area contributed by atoms with Crippen molar-refractivity contribution in [3.05, 3.63) is 29.7 Å². The van der Waals surface area contributed by atoms with E-state index in [0.29, 0.717) is 5.76 Å². The lowest BCUT2D eigenvalue weighted by Gasteiger charge is -2.12. The third kappa shape index (κ3) is 3.47. The van der Waals surface area contributed by atoms with E-state index in [2.05, 4.69) is 15.3 Å². The minimum atomic E-state index is -4.97. The molecule has 0 N–H and O–H groups in total. The van der Waals surface area contributed by atoms with Crippen molar-refractivity contribution in [2.75, 3.05) is 0 Å². The van der Waals surface area contributed by atoms with Crippen molar-refractivity contribution in [2.24, 2.45) is 0 Å². The number of alkyl halides is 3. The van der Waals surface area contributed by atoms with Crippen LogP contribution < -0.4 is 0 Å². The summed E-state index contributed by atoms with van der Waals surface area (Å²) >= 11 is 0. The van der Waals surface area contributed by atoms with Crippen molar-refractivity contribution in [2.45, 2.75) is 38.9 Å². The fourth-order valence-electron chi connectivity index (χ4n) is 1.49. The smallest absolute Gasteiger partial charge is 0.443 e. The molecule has 0 aliphatic heterocycles. The van der Waals surface area contributed by atoms with Crippen molar-refractivity contribution in [3.8, 4) is 0 Å². The standard InChI is InChI=1S/C12H13F3N4O2/c1-11(2,3)8-4-16-9(21-8)6-19-5-7(17-18-19)10(20)12(13,14)15/h4-5H,6H2,1-3H3. The van der Waals surface area contributed by atoms with Gasteiger partial charge in [-0.15, -0.1) is 5.10 Å². The van der Waals surface area contributed by atoms with E-state index in [-0.39, 0.29) is 17.9 Å². The number of nitrogens with zero attached hydrogens (tertiary/aromatic N) is 4. The minimum Gasteiger partial charge on any atom is -0.443 e. The van der Waals surface area contributed by atoms with Gasteiger partial charge >= 0.3 is 6.18 Å². The van der Waals surface area contributed by atoms with E-state index >= 15 is 0 Å². The summed E-state index contributed by atoms with van der Waals surface area (Å²) in [4.78, 5) is 15.0. The molecule has 9 heteroatoms. The maximum Gasteiger partial charge on any atom is 0.456 e. The molecule has 0 aliphatic rings. The highest BCUT2D eigenvalue weighted by atomic mass is 19.4. The Morgan fingerprint density at radius 2 is 2.00 bits per heavy atom. The van der Waals surface area contributed by atoms with Crippen molar-refractivity contribution < 1.29 is 22.4 Å². The van der Waals surface area contributed by atoms with Gasteiger partial charge in [0, 0.05) is 5.41 Å². The number of halogens is 3. The Bertz CT molecular complexity index is 652. The number of aromatic nitrogens is 4. The van der Waals surface area contributed by atoms with Crippen LogP contribution in [-0.2, 0) is 12.0 Å². The molecule has 0 amide bonds. The first kappa shape index (κ1) is 15.2. The second-order valence-electron chi connectivity index (χ2n) is 5.50. The minimum absolute atomic E-state index is 0.00574. The number of carbonyl (C=O) groups is 1. The van der Waals surface area contributed by atoms with Crippen LogP contribution in [0.5, 0.6) is 0 Å². The van der Waals surface area contributed by atoms with Crippen LogP contribution in [0.1, 0.15) is 42.9 Å². The van der Waals surface area contributed by atoms with Crippen LogP contribution in [0.25, 0.3) is 0 Å². The molecule has 0 atom stereocenters. The van der Waals surface area contributed by atoms with Gasteiger partial charge in [0.15, 0.2) is 5.69 Å². The molecule has 2 rings (SSSR count). The summed E-state index contributed by atoms with van der Waals surface area (Å²) in [7, 11) is 0. The molecule has 2 aromatic heterocycles. The van der Waals surface area contributed by atoms with E-state index in [0.717, 1.165) is 10.9 Å². The van der Waals surface area contributed by atoms with E-state index in [9.17, 15) is 18.0 Å². The largest absolute Gasteiger partial charge is 0.456 e. The Hall–Kier alpha value is -2.19. The summed E-state index contributed by atoms with van der Waals surface area (Å²) in [6, 6.07) is 0. The van der Waals surface area contributed by atoms with Crippen LogP contribution in [-0.4, -0.2) is 31.9 Å². The van der Waals surface area contributed by atoms with Crippen molar-refractivity contribution in [3.63, 3.8) is 0 Å². The highest BCUT2D eigenvalue weighted by molar-refractivity contribution is 5.98. The number of rotatable bonds is 3.